The molecule has 1 atom stereocenters. The van der Waals surface area contributed by atoms with Gasteiger partial charge in [0.15, 0.2) is 0 Å². The predicted octanol–water partition coefficient (Wildman–Crippen LogP) is 3.24. The van der Waals surface area contributed by atoms with Crippen molar-refractivity contribution >= 4 is 17.5 Å². The van der Waals surface area contributed by atoms with Gasteiger partial charge < -0.3 is 5.32 Å². The van der Waals surface area contributed by atoms with E-state index in [-0.39, 0.29) is 18.3 Å². The second-order valence-electron chi connectivity index (χ2n) is 7.58. The van der Waals surface area contributed by atoms with Crippen LogP contribution in [0.1, 0.15) is 47.4 Å². The molecule has 3 rings (SSSR count). The van der Waals surface area contributed by atoms with Crippen LogP contribution in [0.4, 0.5) is 0 Å². The standard InChI is InChI=1S/C23H25ClN4O3/c1-5-16(4)25-21(29)20-22(30)27(13-17-9-7-6-8-14(17)2)23(31)28(26-20)18-11-10-15(3)19(24)12-18/h6-12,16H,5,13H2,1-4H3,(H,25,29)/t16-/m1/s1. The lowest BCUT2D eigenvalue weighted by molar-refractivity contribution is 0.0929. The summed E-state index contributed by atoms with van der Waals surface area (Å²) < 4.78 is 2.09. The minimum absolute atomic E-state index is 0.0239. The van der Waals surface area contributed by atoms with Crippen LogP contribution in [0.5, 0.6) is 0 Å². The molecule has 2 aromatic carbocycles. The third-order valence-corrected chi connectivity index (χ3v) is 5.66. The summed E-state index contributed by atoms with van der Waals surface area (Å²) in [4.78, 5) is 39.2. The third kappa shape index (κ3) is 4.77. The highest BCUT2D eigenvalue weighted by Gasteiger charge is 2.22. The first-order valence-electron chi connectivity index (χ1n) is 10.1. The molecular weight excluding hydrogens is 416 g/mol. The zero-order valence-corrected chi connectivity index (χ0v) is 18.7. The Hall–Kier alpha value is -3.19. The number of hydrogen-bond donors (Lipinski definition) is 1. The third-order valence-electron chi connectivity index (χ3n) is 5.25. The van der Waals surface area contributed by atoms with E-state index in [0.29, 0.717) is 17.1 Å². The first-order chi connectivity index (χ1) is 14.7. The Labute approximate surface area is 185 Å². The monoisotopic (exact) mass is 440 g/mol. The van der Waals surface area contributed by atoms with Gasteiger partial charge in [0.25, 0.3) is 11.5 Å². The molecule has 1 amide bonds. The fourth-order valence-corrected chi connectivity index (χ4v) is 3.21. The van der Waals surface area contributed by atoms with Crippen LogP contribution in [0.15, 0.2) is 52.1 Å². The van der Waals surface area contributed by atoms with E-state index in [4.69, 9.17) is 11.6 Å². The lowest BCUT2D eigenvalue weighted by atomic mass is 10.1. The normalized spacial score (nSPS) is 11.9. The first-order valence-corrected chi connectivity index (χ1v) is 10.5. The summed E-state index contributed by atoms with van der Waals surface area (Å²) in [5.74, 6) is -0.621. The van der Waals surface area contributed by atoms with Gasteiger partial charge in [0.2, 0.25) is 5.69 Å². The molecule has 8 heteroatoms. The number of nitrogens with zero attached hydrogens (tertiary/aromatic N) is 3. The molecule has 7 nitrogen and oxygen atoms in total. The number of amides is 1. The van der Waals surface area contributed by atoms with Crippen LogP contribution in [-0.4, -0.2) is 26.3 Å². The SMILES string of the molecule is CC[C@@H](C)NC(=O)c1nn(-c2ccc(C)c(Cl)c2)c(=O)n(Cc2ccccc2C)c1=O. The second-order valence-corrected chi connectivity index (χ2v) is 7.98. The van der Waals surface area contributed by atoms with Crippen molar-refractivity contribution in [2.75, 3.05) is 0 Å². The van der Waals surface area contributed by atoms with Crippen LogP contribution >= 0.6 is 11.6 Å². The summed E-state index contributed by atoms with van der Waals surface area (Å²) in [6.45, 7) is 7.52. The Bertz CT molecular complexity index is 1250. The van der Waals surface area contributed by atoms with Crippen LogP contribution in [-0.2, 0) is 6.54 Å². The van der Waals surface area contributed by atoms with Gasteiger partial charge in [0, 0.05) is 11.1 Å². The summed E-state index contributed by atoms with van der Waals surface area (Å²) in [7, 11) is 0. The predicted molar refractivity (Wildman–Crippen MR) is 121 cm³/mol. The first kappa shape index (κ1) is 22.5. The number of benzene rings is 2. The average molecular weight is 441 g/mol. The maximum atomic E-state index is 13.2. The fourth-order valence-electron chi connectivity index (χ4n) is 3.03. The van der Waals surface area contributed by atoms with Crippen molar-refractivity contribution in [1.29, 1.82) is 0 Å². The van der Waals surface area contributed by atoms with Crippen molar-refractivity contribution in [3.8, 4) is 5.69 Å². The molecule has 0 unspecified atom stereocenters. The number of hydrogen-bond acceptors (Lipinski definition) is 4. The number of aryl methyl sites for hydroxylation is 2. The van der Waals surface area contributed by atoms with E-state index in [0.717, 1.165) is 25.9 Å². The molecule has 0 fully saturated rings. The van der Waals surface area contributed by atoms with E-state index in [1.54, 1.807) is 18.2 Å². The molecular formula is C23H25ClN4O3. The minimum Gasteiger partial charge on any atom is -0.348 e. The molecule has 0 aliphatic carbocycles. The molecule has 0 saturated heterocycles. The van der Waals surface area contributed by atoms with E-state index in [1.807, 2.05) is 52.0 Å². The highest BCUT2D eigenvalue weighted by Crippen LogP contribution is 2.18. The molecule has 0 radical (unpaired) electrons. The van der Waals surface area contributed by atoms with Gasteiger partial charge in [-0.25, -0.2) is 4.79 Å². The summed E-state index contributed by atoms with van der Waals surface area (Å²) >= 11 is 6.24. The van der Waals surface area contributed by atoms with Gasteiger partial charge in [-0.3, -0.25) is 14.2 Å². The number of nitrogens with one attached hydrogen (secondary N) is 1. The Kier molecular flexibility index (Phi) is 6.75. The van der Waals surface area contributed by atoms with Crippen molar-refractivity contribution < 1.29 is 4.79 Å². The van der Waals surface area contributed by atoms with Crippen molar-refractivity contribution in [3.05, 3.63) is 90.7 Å². The number of halogens is 1. The molecule has 0 saturated carbocycles. The molecule has 0 spiro atoms. The molecule has 0 bridgehead atoms. The molecule has 0 aliphatic heterocycles. The van der Waals surface area contributed by atoms with Gasteiger partial charge in [0.05, 0.1) is 12.2 Å². The second kappa shape index (κ2) is 9.31. The summed E-state index contributed by atoms with van der Waals surface area (Å²) in [5.41, 5.74) is 1.22. The number of carbonyl (C=O) groups is 1. The average Bonchev–Trinajstić information content (AvgIpc) is 2.74. The highest BCUT2D eigenvalue weighted by atomic mass is 35.5. The largest absolute Gasteiger partial charge is 0.352 e. The van der Waals surface area contributed by atoms with Crippen LogP contribution in [0.3, 0.4) is 0 Å². The van der Waals surface area contributed by atoms with E-state index in [1.165, 1.54) is 0 Å². The highest BCUT2D eigenvalue weighted by molar-refractivity contribution is 6.31. The van der Waals surface area contributed by atoms with Crippen LogP contribution in [0, 0.1) is 13.8 Å². The molecule has 1 N–H and O–H groups in total. The fraction of sp³-hybridized carbons (Fsp3) is 0.304. The Balaban J connectivity index is 2.23. The van der Waals surface area contributed by atoms with Gasteiger partial charge in [0.1, 0.15) is 0 Å². The molecule has 162 valence electrons. The topological polar surface area (TPSA) is 86.0 Å². The van der Waals surface area contributed by atoms with Crippen LogP contribution in [0.25, 0.3) is 5.69 Å². The Morgan fingerprint density at radius 2 is 1.84 bits per heavy atom. The molecule has 31 heavy (non-hydrogen) atoms. The van der Waals surface area contributed by atoms with Crippen molar-refractivity contribution in [1.82, 2.24) is 19.7 Å². The quantitative estimate of drug-likeness (QED) is 0.637. The van der Waals surface area contributed by atoms with Gasteiger partial charge in [-0.2, -0.15) is 9.78 Å². The minimum atomic E-state index is -0.733. The Morgan fingerprint density at radius 1 is 1.13 bits per heavy atom. The molecule has 0 aliphatic rings. The van der Waals surface area contributed by atoms with Crippen LogP contribution in [0.2, 0.25) is 5.02 Å². The zero-order chi connectivity index (χ0) is 22.7. The van der Waals surface area contributed by atoms with E-state index in [2.05, 4.69) is 10.4 Å². The Morgan fingerprint density at radius 3 is 2.48 bits per heavy atom. The lowest BCUT2D eigenvalue weighted by Gasteiger charge is -2.15. The summed E-state index contributed by atoms with van der Waals surface area (Å²) in [6, 6.07) is 12.3. The maximum Gasteiger partial charge on any atom is 0.352 e. The smallest absolute Gasteiger partial charge is 0.348 e. The van der Waals surface area contributed by atoms with Crippen molar-refractivity contribution in [3.63, 3.8) is 0 Å². The van der Waals surface area contributed by atoms with E-state index in [9.17, 15) is 14.4 Å². The van der Waals surface area contributed by atoms with Crippen LogP contribution < -0.4 is 16.6 Å². The number of aromatic nitrogens is 3. The summed E-state index contributed by atoms with van der Waals surface area (Å²) in [6.07, 6.45) is 0.691. The maximum absolute atomic E-state index is 13.2. The lowest BCUT2D eigenvalue weighted by Crippen LogP contribution is -2.47. The van der Waals surface area contributed by atoms with Crippen molar-refractivity contribution in [2.24, 2.45) is 0 Å². The molecule has 1 heterocycles. The van der Waals surface area contributed by atoms with Gasteiger partial charge in [-0.1, -0.05) is 48.9 Å². The van der Waals surface area contributed by atoms with Gasteiger partial charge in [-0.15, -0.1) is 0 Å². The van der Waals surface area contributed by atoms with Gasteiger partial charge >= 0.3 is 5.69 Å². The summed E-state index contributed by atoms with van der Waals surface area (Å²) in [5, 5.41) is 7.33. The van der Waals surface area contributed by atoms with Crippen molar-refractivity contribution in [2.45, 2.75) is 46.7 Å². The number of rotatable bonds is 6. The van der Waals surface area contributed by atoms with Gasteiger partial charge in [-0.05, 0) is 56.0 Å². The molecule has 3 aromatic rings. The zero-order valence-electron chi connectivity index (χ0n) is 18.0. The van der Waals surface area contributed by atoms with E-state index < -0.39 is 17.2 Å². The number of carbonyl (C=O) groups excluding carboxylic acids is 1. The van der Waals surface area contributed by atoms with E-state index >= 15 is 0 Å². The molecule has 1 aromatic heterocycles.